The Bertz CT molecular complexity index is 844. The van der Waals surface area contributed by atoms with E-state index in [1.165, 1.54) is 7.11 Å². The van der Waals surface area contributed by atoms with Gasteiger partial charge in [-0.25, -0.2) is 0 Å². The summed E-state index contributed by atoms with van der Waals surface area (Å²) < 4.78 is 10.3. The third-order valence-electron chi connectivity index (χ3n) is 4.27. The van der Waals surface area contributed by atoms with Crippen molar-refractivity contribution in [3.05, 3.63) is 42.5 Å². The predicted molar refractivity (Wildman–Crippen MR) is 116 cm³/mol. The lowest BCUT2D eigenvalue weighted by Gasteiger charge is -2.17. The molecule has 0 aromatic heterocycles. The summed E-state index contributed by atoms with van der Waals surface area (Å²) in [6, 6.07) is 13.6. The first-order valence-corrected chi connectivity index (χ1v) is 9.96. The second kappa shape index (κ2) is 11.9. The molecule has 1 amide bonds. The molecule has 0 aliphatic heterocycles. The minimum atomic E-state index is -0.690. The number of carbonyl (C=O) groups excluding carboxylic acids is 2. The molecule has 1 atom stereocenters. The van der Waals surface area contributed by atoms with E-state index >= 15 is 0 Å². The standard InChI is InChI=1S/C21H27N3O4S/c1-15(28-18-12-11-16-8-5-6-9-17(16)14-18)20(26)23-24-21(29)22-13-7-3-4-10-19(25)27-2/h5-6,8-9,11-12,14-15H,3-4,7,10,13H2,1-2H3,(H,23,26)(H2,22,24,29)/t15-/m1/s1. The summed E-state index contributed by atoms with van der Waals surface area (Å²) in [5.74, 6) is 0.0947. The number of carbonyl (C=O) groups is 2. The summed E-state index contributed by atoms with van der Waals surface area (Å²) in [6.07, 6.45) is 2.24. The fourth-order valence-electron chi connectivity index (χ4n) is 2.64. The van der Waals surface area contributed by atoms with E-state index < -0.39 is 6.10 Å². The van der Waals surface area contributed by atoms with Crippen LogP contribution < -0.4 is 20.9 Å². The molecular weight excluding hydrogens is 390 g/mol. The van der Waals surface area contributed by atoms with E-state index in [1.54, 1.807) is 6.92 Å². The molecule has 3 N–H and O–H groups in total. The lowest BCUT2D eigenvalue weighted by molar-refractivity contribution is -0.140. The number of ether oxygens (including phenoxy) is 2. The quantitative estimate of drug-likeness (QED) is 0.250. The van der Waals surface area contributed by atoms with Crippen molar-refractivity contribution >= 4 is 40.0 Å². The molecular formula is C21H27N3O4S. The number of esters is 1. The SMILES string of the molecule is COC(=O)CCCCCNC(=S)NNC(=O)[C@@H](C)Oc1ccc2ccccc2c1. The van der Waals surface area contributed by atoms with E-state index in [1.807, 2.05) is 42.5 Å². The van der Waals surface area contributed by atoms with Crippen molar-refractivity contribution in [3.63, 3.8) is 0 Å². The third-order valence-corrected chi connectivity index (χ3v) is 4.52. The van der Waals surface area contributed by atoms with E-state index in [-0.39, 0.29) is 11.9 Å². The van der Waals surface area contributed by atoms with Gasteiger partial charge in [0.2, 0.25) is 0 Å². The molecule has 0 saturated heterocycles. The zero-order valence-electron chi connectivity index (χ0n) is 16.7. The van der Waals surface area contributed by atoms with Gasteiger partial charge in [0.15, 0.2) is 11.2 Å². The average molecular weight is 418 g/mol. The van der Waals surface area contributed by atoms with Gasteiger partial charge in [-0.3, -0.25) is 20.4 Å². The van der Waals surface area contributed by atoms with Crippen molar-refractivity contribution in [1.29, 1.82) is 0 Å². The molecule has 0 spiro atoms. The molecule has 0 fully saturated rings. The fraction of sp³-hybridized carbons (Fsp3) is 0.381. The Hall–Kier alpha value is -2.87. The molecule has 2 rings (SSSR count). The number of methoxy groups -OCH3 is 1. The maximum atomic E-state index is 12.2. The third kappa shape index (κ3) is 7.95. The van der Waals surface area contributed by atoms with E-state index in [0.29, 0.717) is 23.8 Å². The van der Waals surface area contributed by atoms with E-state index in [4.69, 9.17) is 17.0 Å². The van der Waals surface area contributed by atoms with Gasteiger partial charge in [-0.1, -0.05) is 36.8 Å². The Kier molecular flexibility index (Phi) is 9.17. The van der Waals surface area contributed by atoms with Gasteiger partial charge in [-0.05, 0) is 54.9 Å². The topological polar surface area (TPSA) is 88.7 Å². The summed E-state index contributed by atoms with van der Waals surface area (Å²) in [4.78, 5) is 23.2. The highest BCUT2D eigenvalue weighted by molar-refractivity contribution is 7.80. The molecule has 156 valence electrons. The monoisotopic (exact) mass is 417 g/mol. The number of rotatable bonds is 9. The van der Waals surface area contributed by atoms with Gasteiger partial charge in [0.25, 0.3) is 5.91 Å². The predicted octanol–water partition coefficient (Wildman–Crippen LogP) is 2.84. The Morgan fingerprint density at radius 2 is 1.79 bits per heavy atom. The second-order valence-electron chi connectivity index (χ2n) is 6.53. The molecule has 0 heterocycles. The Balaban J connectivity index is 1.64. The average Bonchev–Trinajstić information content (AvgIpc) is 2.73. The van der Waals surface area contributed by atoms with Crippen LogP contribution in [0.25, 0.3) is 10.8 Å². The zero-order chi connectivity index (χ0) is 21.1. The van der Waals surface area contributed by atoms with Gasteiger partial charge in [-0.15, -0.1) is 0 Å². The van der Waals surface area contributed by atoms with Crippen LogP contribution in [-0.4, -0.2) is 36.7 Å². The number of amides is 1. The van der Waals surface area contributed by atoms with Crippen molar-refractivity contribution < 1.29 is 19.1 Å². The van der Waals surface area contributed by atoms with Gasteiger partial charge in [-0.2, -0.15) is 0 Å². The summed E-state index contributed by atoms with van der Waals surface area (Å²) in [5, 5.41) is 5.48. The normalized spacial score (nSPS) is 11.4. The first-order chi connectivity index (χ1) is 14.0. The van der Waals surface area contributed by atoms with Crippen molar-refractivity contribution in [2.24, 2.45) is 0 Å². The maximum Gasteiger partial charge on any atom is 0.305 e. The molecule has 0 unspecified atom stereocenters. The Morgan fingerprint density at radius 3 is 2.55 bits per heavy atom. The Morgan fingerprint density at radius 1 is 1.03 bits per heavy atom. The number of thiocarbonyl (C=S) groups is 1. The maximum absolute atomic E-state index is 12.2. The molecule has 2 aromatic rings. The first kappa shape index (κ1) is 22.4. The molecule has 7 nitrogen and oxygen atoms in total. The number of hydrazine groups is 1. The first-order valence-electron chi connectivity index (χ1n) is 9.55. The zero-order valence-corrected chi connectivity index (χ0v) is 17.5. The van der Waals surface area contributed by atoms with Crippen LogP contribution >= 0.6 is 12.2 Å². The minimum absolute atomic E-state index is 0.196. The molecule has 0 aliphatic rings. The largest absolute Gasteiger partial charge is 0.481 e. The number of benzene rings is 2. The molecule has 8 heteroatoms. The number of fused-ring (bicyclic) bond motifs is 1. The summed E-state index contributed by atoms with van der Waals surface area (Å²) in [5.41, 5.74) is 5.20. The molecule has 0 radical (unpaired) electrons. The molecule has 0 saturated carbocycles. The molecule has 29 heavy (non-hydrogen) atoms. The molecule has 2 aromatic carbocycles. The highest BCUT2D eigenvalue weighted by Crippen LogP contribution is 2.21. The van der Waals surface area contributed by atoms with Gasteiger partial charge in [0.1, 0.15) is 5.75 Å². The van der Waals surface area contributed by atoms with E-state index in [2.05, 4.69) is 20.9 Å². The van der Waals surface area contributed by atoms with Crippen molar-refractivity contribution in [2.75, 3.05) is 13.7 Å². The van der Waals surface area contributed by atoms with Gasteiger partial charge >= 0.3 is 5.97 Å². The fourth-order valence-corrected chi connectivity index (χ4v) is 2.79. The van der Waals surface area contributed by atoms with Crippen LogP contribution in [0, 0.1) is 0 Å². The summed E-state index contributed by atoms with van der Waals surface area (Å²) in [7, 11) is 1.38. The lowest BCUT2D eigenvalue weighted by atomic mass is 10.1. The van der Waals surface area contributed by atoms with Crippen LogP contribution in [-0.2, 0) is 14.3 Å². The van der Waals surface area contributed by atoms with Crippen LogP contribution in [0.15, 0.2) is 42.5 Å². The summed E-state index contributed by atoms with van der Waals surface area (Å²) in [6.45, 7) is 2.32. The number of hydrogen-bond acceptors (Lipinski definition) is 5. The highest BCUT2D eigenvalue weighted by Gasteiger charge is 2.15. The molecule has 0 aliphatic carbocycles. The Labute approximate surface area is 176 Å². The van der Waals surface area contributed by atoms with Gasteiger partial charge < -0.3 is 14.8 Å². The van der Waals surface area contributed by atoms with Crippen LogP contribution in [0.2, 0.25) is 0 Å². The highest BCUT2D eigenvalue weighted by atomic mass is 32.1. The van der Waals surface area contributed by atoms with Crippen LogP contribution in [0.1, 0.15) is 32.6 Å². The second-order valence-corrected chi connectivity index (χ2v) is 6.93. The van der Waals surface area contributed by atoms with Crippen molar-refractivity contribution in [1.82, 2.24) is 16.2 Å². The number of nitrogens with one attached hydrogen (secondary N) is 3. The van der Waals surface area contributed by atoms with Crippen LogP contribution in [0.3, 0.4) is 0 Å². The van der Waals surface area contributed by atoms with Crippen molar-refractivity contribution in [2.45, 2.75) is 38.7 Å². The van der Waals surface area contributed by atoms with Gasteiger partial charge in [0, 0.05) is 13.0 Å². The minimum Gasteiger partial charge on any atom is -0.481 e. The summed E-state index contributed by atoms with van der Waals surface area (Å²) >= 11 is 5.13. The van der Waals surface area contributed by atoms with E-state index in [0.717, 1.165) is 30.0 Å². The molecule has 0 bridgehead atoms. The van der Waals surface area contributed by atoms with Crippen LogP contribution in [0.4, 0.5) is 0 Å². The van der Waals surface area contributed by atoms with Crippen LogP contribution in [0.5, 0.6) is 5.75 Å². The van der Waals surface area contributed by atoms with Crippen molar-refractivity contribution in [3.8, 4) is 5.75 Å². The number of unbranched alkanes of at least 4 members (excludes halogenated alkanes) is 2. The van der Waals surface area contributed by atoms with Gasteiger partial charge in [0.05, 0.1) is 7.11 Å². The smallest absolute Gasteiger partial charge is 0.305 e. The lowest BCUT2D eigenvalue weighted by Crippen LogP contribution is -2.50. The van der Waals surface area contributed by atoms with E-state index in [9.17, 15) is 9.59 Å². The number of hydrogen-bond donors (Lipinski definition) is 3.